The van der Waals surface area contributed by atoms with E-state index < -0.39 is 0 Å². The smallest absolute Gasteiger partial charge is 0.143 e. The minimum absolute atomic E-state index is 0.793. The van der Waals surface area contributed by atoms with E-state index in [9.17, 15) is 0 Å². The molecule has 0 radical (unpaired) electrons. The lowest BCUT2D eigenvalue weighted by Gasteiger charge is -2.24. The minimum atomic E-state index is 0.793. The number of hydrogen-bond acceptors (Lipinski definition) is 2. The Morgan fingerprint density at radius 2 is 2.08 bits per heavy atom. The topological polar surface area (TPSA) is 30.7 Å². The Labute approximate surface area is 86.7 Å². The van der Waals surface area contributed by atoms with Crippen LogP contribution in [-0.4, -0.2) is 14.8 Å². The van der Waals surface area contributed by atoms with E-state index in [1.807, 2.05) is 7.05 Å². The van der Waals surface area contributed by atoms with Gasteiger partial charge in [0.25, 0.3) is 0 Å². The molecule has 3 nitrogen and oxygen atoms in total. The molecule has 0 aromatic carbocycles. The van der Waals surface area contributed by atoms with Gasteiger partial charge in [0.05, 0.1) is 5.33 Å². The van der Waals surface area contributed by atoms with Gasteiger partial charge in [0, 0.05) is 13.5 Å². The molecule has 1 saturated carbocycles. The zero-order valence-corrected chi connectivity index (χ0v) is 9.42. The molecule has 1 heterocycles. The molecule has 0 amide bonds. The molecule has 1 aromatic heterocycles. The molecule has 2 rings (SSSR count). The SMILES string of the molecule is Cn1c(CBr)nnc1CC1CCC1. The first kappa shape index (κ1) is 9.19. The second kappa shape index (κ2) is 3.78. The average Bonchev–Trinajstić information content (AvgIpc) is 2.40. The van der Waals surface area contributed by atoms with Crippen LogP contribution >= 0.6 is 15.9 Å². The highest BCUT2D eigenvalue weighted by atomic mass is 79.9. The Kier molecular flexibility index (Phi) is 2.67. The molecule has 1 aromatic rings. The maximum atomic E-state index is 4.19. The van der Waals surface area contributed by atoms with Crippen LogP contribution in [0.1, 0.15) is 30.9 Å². The van der Waals surface area contributed by atoms with Gasteiger partial charge in [-0.25, -0.2) is 0 Å². The predicted molar refractivity (Wildman–Crippen MR) is 54.7 cm³/mol. The maximum Gasteiger partial charge on any atom is 0.143 e. The molecule has 0 unspecified atom stereocenters. The van der Waals surface area contributed by atoms with E-state index in [1.54, 1.807) is 0 Å². The third-order valence-electron chi connectivity index (χ3n) is 2.87. The Morgan fingerprint density at radius 1 is 1.38 bits per heavy atom. The molecule has 1 aliphatic carbocycles. The lowest BCUT2D eigenvalue weighted by molar-refractivity contribution is 0.306. The summed E-state index contributed by atoms with van der Waals surface area (Å²) in [5, 5.41) is 9.10. The number of hydrogen-bond donors (Lipinski definition) is 0. The first-order valence-corrected chi connectivity index (χ1v) is 5.86. The highest BCUT2D eigenvalue weighted by Crippen LogP contribution is 2.29. The second-order valence-electron chi connectivity index (χ2n) is 3.73. The molecule has 0 N–H and O–H groups in total. The molecule has 4 heteroatoms. The van der Waals surface area contributed by atoms with Gasteiger partial charge in [0.1, 0.15) is 11.6 Å². The Balaban J connectivity index is 2.06. The minimum Gasteiger partial charge on any atom is -0.317 e. The molecule has 1 fully saturated rings. The van der Waals surface area contributed by atoms with Crippen molar-refractivity contribution in [3.8, 4) is 0 Å². The van der Waals surface area contributed by atoms with Crippen molar-refractivity contribution in [3.05, 3.63) is 11.6 Å². The molecule has 0 aliphatic heterocycles. The van der Waals surface area contributed by atoms with Gasteiger partial charge in [-0.15, -0.1) is 10.2 Å². The third-order valence-corrected chi connectivity index (χ3v) is 3.37. The van der Waals surface area contributed by atoms with E-state index in [0.29, 0.717) is 0 Å². The summed E-state index contributed by atoms with van der Waals surface area (Å²) in [7, 11) is 2.05. The molecule has 0 atom stereocenters. The lowest BCUT2D eigenvalue weighted by Crippen LogP contribution is -2.16. The van der Waals surface area contributed by atoms with Gasteiger partial charge in [-0.2, -0.15) is 0 Å². The summed E-state index contributed by atoms with van der Waals surface area (Å²) in [4.78, 5) is 0. The first-order chi connectivity index (χ1) is 6.31. The lowest BCUT2D eigenvalue weighted by atomic mass is 9.83. The third kappa shape index (κ3) is 1.77. The quantitative estimate of drug-likeness (QED) is 0.762. The van der Waals surface area contributed by atoms with Gasteiger partial charge in [0.2, 0.25) is 0 Å². The summed E-state index contributed by atoms with van der Waals surface area (Å²) >= 11 is 3.40. The predicted octanol–water partition coefficient (Wildman–Crippen LogP) is 2.05. The van der Waals surface area contributed by atoms with Crippen LogP contribution in [0.4, 0.5) is 0 Å². The number of halogens is 1. The number of alkyl halides is 1. The molecule has 0 saturated heterocycles. The number of aromatic nitrogens is 3. The van der Waals surface area contributed by atoms with Crippen LogP contribution in [-0.2, 0) is 18.8 Å². The second-order valence-corrected chi connectivity index (χ2v) is 4.29. The summed E-state index contributed by atoms with van der Waals surface area (Å²) < 4.78 is 2.10. The van der Waals surface area contributed by atoms with E-state index in [1.165, 1.54) is 19.3 Å². The fourth-order valence-corrected chi connectivity index (χ4v) is 2.14. The van der Waals surface area contributed by atoms with Gasteiger partial charge in [0.15, 0.2) is 0 Å². The Bertz CT molecular complexity index is 291. The van der Waals surface area contributed by atoms with E-state index in [0.717, 1.165) is 29.3 Å². The largest absolute Gasteiger partial charge is 0.317 e. The van der Waals surface area contributed by atoms with E-state index >= 15 is 0 Å². The molecule has 72 valence electrons. The van der Waals surface area contributed by atoms with Gasteiger partial charge in [-0.3, -0.25) is 0 Å². The fraction of sp³-hybridized carbons (Fsp3) is 0.778. The van der Waals surface area contributed by atoms with Crippen molar-refractivity contribution in [1.29, 1.82) is 0 Å². The Hall–Kier alpha value is -0.380. The van der Waals surface area contributed by atoms with Gasteiger partial charge < -0.3 is 4.57 Å². The maximum absolute atomic E-state index is 4.19. The zero-order chi connectivity index (χ0) is 9.26. The van der Waals surface area contributed by atoms with E-state index in [2.05, 4.69) is 30.7 Å². The molecule has 0 spiro atoms. The van der Waals surface area contributed by atoms with Crippen LogP contribution in [0.25, 0.3) is 0 Å². The average molecular weight is 244 g/mol. The monoisotopic (exact) mass is 243 g/mol. The van der Waals surface area contributed by atoms with Crippen LogP contribution in [0.5, 0.6) is 0 Å². The van der Waals surface area contributed by atoms with Crippen molar-refractivity contribution < 1.29 is 0 Å². The fourth-order valence-electron chi connectivity index (χ4n) is 1.65. The van der Waals surface area contributed by atoms with E-state index in [-0.39, 0.29) is 0 Å². The van der Waals surface area contributed by atoms with Gasteiger partial charge in [-0.05, 0) is 5.92 Å². The van der Waals surface area contributed by atoms with Crippen LogP contribution in [0.2, 0.25) is 0 Å². The van der Waals surface area contributed by atoms with Crippen LogP contribution in [0.15, 0.2) is 0 Å². The van der Waals surface area contributed by atoms with Crippen molar-refractivity contribution in [2.45, 2.75) is 31.0 Å². The number of nitrogens with zero attached hydrogens (tertiary/aromatic N) is 3. The van der Waals surface area contributed by atoms with Gasteiger partial charge >= 0.3 is 0 Å². The molecule has 13 heavy (non-hydrogen) atoms. The highest BCUT2D eigenvalue weighted by Gasteiger charge is 2.20. The van der Waals surface area contributed by atoms with Crippen molar-refractivity contribution in [2.24, 2.45) is 13.0 Å². The molecular formula is C9H14BrN3. The molecular weight excluding hydrogens is 230 g/mol. The van der Waals surface area contributed by atoms with Crippen molar-refractivity contribution in [1.82, 2.24) is 14.8 Å². The van der Waals surface area contributed by atoms with Crippen molar-refractivity contribution in [2.75, 3.05) is 0 Å². The number of rotatable bonds is 3. The normalized spacial score (nSPS) is 17.4. The van der Waals surface area contributed by atoms with Crippen LogP contribution in [0.3, 0.4) is 0 Å². The first-order valence-electron chi connectivity index (χ1n) is 4.74. The Morgan fingerprint density at radius 3 is 2.54 bits per heavy atom. The van der Waals surface area contributed by atoms with E-state index in [4.69, 9.17) is 0 Å². The van der Waals surface area contributed by atoms with Crippen LogP contribution < -0.4 is 0 Å². The van der Waals surface area contributed by atoms with Gasteiger partial charge in [-0.1, -0.05) is 35.2 Å². The summed E-state index contributed by atoms with van der Waals surface area (Å²) in [6, 6.07) is 0. The summed E-state index contributed by atoms with van der Waals surface area (Å²) in [5.41, 5.74) is 0. The molecule has 0 bridgehead atoms. The highest BCUT2D eigenvalue weighted by molar-refractivity contribution is 9.08. The van der Waals surface area contributed by atoms with Crippen molar-refractivity contribution in [3.63, 3.8) is 0 Å². The molecule has 1 aliphatic rings. The summed E-state index contributed by atoms with van der Waals surface area (Å²) in [6.45, 7) is 0. The summed E-state index contributed by atoms with van der Waals surface area (Å²) in [5.74, 6) is 3.03. The summed E-state index contributed by atoms with van der Waals surface area (Å²) in [6.07, 6.45) is 5.25. The van der Waals surface area contributed by atoms with Crippen molar-refractivity contribution >= 4 is 15.9 Å². The standard InChI is InChI=1S/C9H14BrN3/c1-13-8(5-7-3-2-4-7)11-12-9(13)6-10/h7H,2-6H2,1H3. The van der Waals surface area contributed by atoms with Crippen LogP contribution in [0, 0.1) is 5.92 Å². The zero-order valence-electron chi connectivity index (χ0n) is 7.83.